The van der Waals surface area contributed by atoms with Gasteiger partial charge in [0.15, 0.2) is 5.78 Å². The van der Waals surface area contributed by atoms with E-state index in [0.29, 0.717) is 11.1 Å². The van der Waals surface area contributed by atoms with Crippen molar-refractivity contribution < 1.29 is 27.5 Å². The molecule has 2 aromatic carbocycles. The summed E-state index contributed by atoms with van der Waals surface area (Å²) in [7, 11) is 0. The number of hydrogen-bond acceptors (Lipinski definition) is 4. The molecule has 0 radical (unpaired) electrons. The summed E-state index contributed by atoms with van der Waals surface area (Å²) in [6.07, 6.45) is -5.36. The number of rotatable bonds is 2. The smallest absolute Gasteiger partial charge is 0.435 e. The average Bonchev–Trinajstić information content (AvgIpc) is 2.98. The lowest BCUT2D eigenvalue weighted by atomic mass is 10.0. The van der Waals surface area contributed by atoms with Gasteiger partial charge in [0.2, 0.25) is 0 Å². The van der Waals surface area contributed by atoms with Crippen LogP contribution in [0.15, 0.2) is 42.5 Å². The van der Waals surface area contributed by atoms with E-state index in [9.17, 15) is 22.8 Å². The Morgan fingerprint density at radius 2 is 1.72 bits per heavy atom. The van der Waals surface area contributed by atoms with E-state index in [-0.39, 0.29) is 22.4 Å². The molecular formula is C21H19F3N2O3. The Balaban J connectivity index is 2.26. The van der Waals surface area contributed by atoms with Crippen LogP contribution in [-0.4, -0.2) is 27.3 Å². The molecule has 1 aromatic heterocycles. The molecule has 3 aromatic rings. The third-order valence-electron chi connectivity index (χ3n) is 4.12. The predicted molar refractivity (Wildman–Crippen MR) is 102 cm³/mol. The molecule has 0 aliphatic carbocycles. The zero-order valence-electron chi connectivity index (χ0n) is 16.3. The monoisotopic (exact) mass is 404 g/mol. The zero-order valence-corrected chi connectivity index (χ0v) is 16.3. The maximum Gasteiger partial charge on any atom is 0.435 e. The Bertz CT molecular complexity index is 1110. The fourth-order valence-corrected chi connectivity index (χ4v) is 2.84. The van der Waals surface area contributed by atoms with Crippen LogP contribution in [-0.2, 0) is 10.9 Å². The molecule has 0 N–H and O–H groups in total. The Morgan fingerprint density at radius 1 is 1.03 bits per heavy atom. The maximum absolute atomic E-state index is 13.2. The number of carbonyl (C=O) groups excluding carboxylic acids is 2. The second-order valence-electron chi connectivity index (χ2n) is 7.61. The van der Waals surface area contributed by atoms with Crippen LogP contribution in [0, 0.1) is 0 Å². The van der Waals surface area contributed by atoms with E-state index < -0.39 is 23.4 Å². The lowest BCUT2D eigenvalue weighted by molar-refractivity contribution is -0.137. The Hall–Kier alpha value is -3.16. The van der Waals surface area contributed by atoms with Gasteiger partial charge in [0.1, 0.15) is 11.3 Å². The fourth-order valence-electron chi connectivity index (χ4n) is 2.84. The van der Waals surface area contributed by atoms with Gasteiger partial charge >= 0.3 is 12.3 Å². The number of alkyl halides is 3. The molecule has 0 bridgehead atoms. The van der Waals surface area contributed by atoms with Crippen molar-refractivity contribution in [3.05, 3.63) is 53.6 Å². The lowest BCUT2D eigenvalue weighted by Gasteiger charge is -2.19. The van der Waals surface area contributed by atoms with E-state index in [1.807, 2.05) is 0 Å². The summed E-state index contributed by atoms with van der Waals surface area (Å²) in [6, 6.07) is 9.38. The second kappa shape index (κ2) is 7.02. The van der Waals surface area contributed by atoms with E-state index in [0.717, 1.165) is 16.8 Å². The minimum atomic E-state index is -4.55. The highest BCUT2D eigenvalue weighted by atomic mass is 19.4. The summed E-state index contributed by atoms with van der Waals surface area (Å²) in [6.45, 7) is 6.42. The number of fused-ring (bicyclic) bond motifs is 1. The van der Waals surface area contributed by atoms with Gasteiger partial charge in [-0.15, -0.1) is 0 Å². The standard InChI is InChI=1S/C21H19F3N2O3/c1-12(27)13-6-5-7-14(10-13)18-16-11-15(21(22,23)24)8-9-17(16)26(25-18)19(28)29-20(2,3)4/h5-11H,1-4H3. The van der Waals surface area contributed by atoms with E-state index in [2.05, 4.69) is 5.10 Å². The van der Waals surface area contributed by atoms with Crippen molar-refractivity contribution >= 4 is 22.8 Å². The van der Waals surface area contributed by atoms with Crippen molar-refractivity contribution in [1.29, 1.82) is 0 Å². The van der Waals surface area contributed by atoms with Gasteiger partial charge in [-0.2, -0.15) is 23.0 Å². The molecule has 1 heterocycles. The molecule has 3 rings (SSSR count). The van der Waals surface area contributed by atoms with Gasteiger partial charge in [0.05, 0.1) is 11.1 Å². The minimum absolute atomic E-state index is 0.131. The summed E-state index contributed by atoms with van der Waals surface area (Å²) in [5.41, 5.74) is -0.539. The van der Waals surface area contributed by atoms with Crippen molar-refractivity contribution in [1.82, 2.24) is 9.78 Å². The quantitative estimate of drug-likeness (QED) is 0.514. The molecule has 0 saturated carbocycles. The summed E-state index contributed by atoms with van der Waals surface area (Å²) in [5, 5.41) is 4.36. The Kier molecular flexibility index (Phi) is 4.98. The highest BCUT2D eigenvalue weighted by Crippen LogP contribution is 2.35. The van der Waals surface area contributed by atoms with Gasteiger partial charge in [0.25, 0.3) is 0 Å². The number of ketones is 1. The number of benzene rings is 2. The molecule has 152 valence electrons. The van der Waals surface area contributed by atoms with Crippen molar-refractivity contribution in [3.8, 4) is 11.3 Å². The van der Waals surface area contributed by atoms with Crippen LogP contribution in [0.4, 0.5) is 18.0 Å². The number of Topliss-reactive ketones (excluding diaryl/α,β-unsaturated/α-hetero) is 1. The normalized spacial score (nSPS) is 12.2. The van der Waals surface area contributed by atoms with Gasteiger partial charge in [-0.3, -0.25) is 4.79 Å². The SMILES string of the molecule is CC(=O)c1cccc(-c2nn(C(=O)OC(C)(C)C)c3ccc(C(F)(F)F)cc23)c1. The fraction of sp³-hybridized carbons (Fsp3) is 0.286. The van der Waals surface area contributed by atoms with Crippen LogP contribution in [0.25, 0.3) is 22.2 Å². The third kappa shape index (κ3) is 4.31. The van der Waals surface area contributed by atoms with Gasteiger partial charge in [0, 0.05) is 16.5 Å². The summed E-state index contributed by atoms with van der Waals surface area (Å²) >= 11 is 0. The Labute approximate surface area is 165 Å². The summed E-state index contributed by atoms with van der Waals surface area (Å²) < 4.78 is 46.0. The molecule has 0 atom stereocenters. The van der Waals surface area contributed by atoms with Crippen molar-refractivity contribution in [2.75, 3.05) is 0 Å². The first-order valence-corrected chi connectivity index (χ1v) is 8.81. The Morgan fingerprint density at radius 3 is 2.31 bits per heavy atom. The number of carbonyl (C=O) groups is 2. The van der Waals surface area contributed by atoms with Crippen LogP contribution in [0.3, 0.4) is 0 Å². The molecule has 0 aliphatic rings. The van der Waals surface area contributed by atoms with Gasteiger partial charge < -0.3 is 4.74 Å². The molecule has 0 spiro atoms. The minimum Gasteiger partial charge on any atom is -0.442 e. The number of aromatic nitrogens is 2. The van der Waals surface area contributed by atoms with E-state index in [1.54, 1.807) is 39.0 Å². The van der Waals surface area contributed by atoms with Crippen LogP contribution in [0.5, 0.6) is 0 Å². The van der Waals surface area contributed by atoms with E-state index in [4.69, 9.17) is 4.74 Å². The third-order valence-corrected chi connectivity index (χ3v) is 4.12. The molecule has 0 amide bonds. The molecule has 0 unspecified atom stereocenters. The van der Waals surface area contributed by atoms with Crippen LogP contribution >= 0.6 is 0 Å². The van der Waals surface area contributed by atoms with Crippen molar-refractivity contribution in [3.63, 3.8) is 0 Å². The van der Waals surface area contributed by atoms with Crippen molar-refractivity contribution in [2.24, 2.45) is 0 Å². The molecule has 5 nitrogen and oxygen atoms in total. The highest BCUT2D eigenvalue weighted by Gasteiger charge is 2.32. The maximum atomic E-state index is 13.2. The topological polar surface area (TPSA) is 61.2 Å². The number of ether oxygens (including phenoxy) is 1. The van der Waals surface area contributed by atoms with Gasteiger partial charge in [-0.05, 0) is 52.0 Å². The first-order valence-electron chi connectivity index (χ1n) is 8.81. The van der Waals surface area contributed by atoms with Crippen LogP contribution in [0.2, 0.25) is 0 Å². The van der Waals surface area contributed by atoms with Gasteiger partial charge in [-0.25, -0.2) is 4.79 Å². The summed E-state index contributed by atoms with van der Waals surface area (Å²) in [5.74, 6) is -0.196. The van der Waals surface area contributed by atoms with Crippen LogP contribution < -0.4 is 0 Å². The molecular weight excluding hydrogens is 385 g/mol. The largest absolute Gasteiger partial charge is 0.442 e. The number of hydrogen-bond donors (Lipinski definition) is 0. The molecule has 0 saturated heterocycles. The lowest BCUT2D eigenvalue weighted by Crippen LogP contribution is -2.27. The first-order chi connectivity index (χ1) is 13.4. The molecule has 8 heteroatoms. The highest BCUT2D eigenvalue weighted by molar-refractivity contribution is 6.00. The van der Waals surface area contributed by atoms with Gasteiger partial charge in [-0.1, -0.05) is 18.2 Å². The van der Waals surface area contributed by atoms with E-state index >= 15 is 0 Å². The number of nitrogens with zero attached hydrogens (tertiary/aromatic N) is 2. The number of halogens is 3. The second-order valence-corrected chi connectivity index (χ2v) is 7.61. The predicted octanol–water partition coefficient (Wildman–Crippen LogP) is 5.71. The first kappa shape index (κ1) is 20.6. The average molecular weight is 404 g/mol. The van der Waals surface area contributed by atoms with Crippen LogP contribution in [0.1, 0.15) is 43.6 Å². The molecule has 0 fully saturated rings. The molecule has 0 aliphatic heterocycles. The summed E-state index contributed by atoms with van der Waals surface area (Å²) in [4.78, 5) is 24.3. The zero-order chi connectivity index (χ0) is 21.6. The van der Waals surface area contributed by atoms with Crippen molar-refractivity contribution in [2.45, 2.75) is 39.5 Å². The molecule has 29 heavy (non-hydrogen) atoms. The van der Waals surface area contributed by atoms with E-state index in [1.165, 1.54) is 19.1 Å².